The number of nitrogens with two attached hydrogens (primary N) is 1. The maximum absolute atomic E-state index is 12.4. The van der Waals surface area contributed by atoms with Gasteiger partial charge in [0.1, 0.15) is 4.90 Å². The normalized spacial score (nSPS) is 13.3. The highest BCUT2D eigenvalue weighted by Crippen LogP contribution is 2.23. The molecule has 0 bridgehead atoms. The molecule has 1 aromatic rings. The van der Waals surface area contributed by atoms with E-state index >= 15 is 0 Å². The number of hydrogen-bond acceptors (Lipinski definition) is 6. The zero-order chi connectivity index (χ0) is 16.5. The molecule has 0 unspecified atom stereocenters. The Hall–Kier alpha value is -1.16. The zero-order valence-corrected chi connectivity index (χ0v) is 14.0. The molecule has 0 aliphatic heterocycles. The Balaban J connectivity index is 3.32. The fraction of sp³-hybridized carbons (Fsp3) is 0.500. The SMILES string of the molecule is COCC(C)(C)NS(=O)(=O)c1cc(S(C)(=O)=O)ccc1N. The second-order valence-corrected chi connectivity index (χ2v) is 9.06. The van der Waals surface area contributed by atoms with Crippen molar-refractivity contribution >= 4 is 25.5 Å². The summed E-state index contributed by atoms with van der Waals surface area (Å²) in [5.74, 6) is 0. The van der Waals surface area contributed by atoms with Gasteiger partial charge in [-0.15, -0.1) is 0 Å². The first kappa shape index (κ1) is 17.9. The molecule has 0 heterocycles. The first-order valence-electron chi connectivity index (χ1n) is 6.01. The molecule has 1 rings (SSSR count). The molecule has 0 atom stereocenters. The highest BCUT2D eigenvalue weighted by Gasteiger charge is 2.28. The predicted molar refractivity (Wildman–Crippen MR) is 80.2 cm³/mol. The molecule has 120 valence electrons. The van der Waals surface area contributed by atoms with Crippen LogP contribution >= 0.6 is 0 Å². The van der Waals surface area contributed by atoms with Crippen molar-refractivity contribution in [2.24, 2.45) is 0 Å². The van der Waals surface area contributed by atoms with E-state index in [1.807, 2.05) is 0 Å². The van der Waals surface area contributed by atoms with Crippen molar-refractivity contribution in [1.82, 2.24) is 4.72 Å². The average Bonchev–Trinajstić information content (AvgIpc) is 2.25. The summed E-state index contributed by atoms with van der Waals surface area (Å²) in [6.07, 6.45) is 0.997. The van der Waals surface area contributed by atoms with Crippen LogP contribution in [-0.4, -0.2) is 42.3 Å². The monoisotopic (exact) mass is 336 g/mol. The zero-order valence-electron chi connectivity index (χ0n) is 12.4. The van der Waals surface area contributed by atoms with Crippen molar-refractivity contribution in [3.8, 4) is 0 Å². The lowest BCUT2D eigenvalue weighted by Gasteiger charge is -2.25. The molecule has 0 aromatic heterocycles. The van der Waals surface area contributed by atoms with E-state index in [4.69, 9.17) is 10.5 Å². The number of sulfonamides is 1. The van der Waals surface area contributed by atoms with Crippen LogP contribution in [0.25, 0.3) is 0 Å². The van der Waals surface area contributed by atoms with Crippen LogP contribution in [0.1, 0.15) is 13.8 Å². The summed E-state index contributed by atoms with van der Waals surface area (Å²) in [6.45, 7) is 3.44. The molecule has 7 nitrogen and oxygen atoms in total. The van der Waals surface area contributed by atoms with Crippen LogP contribution in [0, 0.1) is 0 Å². The Morgan fingerprint density at radius 2 is 1.81 bits per heavy atom. The van der Waals surface area contributed by atoms with Gasteiger partial charge >= 0.3 is 0 Å². The van der Waals surface area contributed by atoms with Gasteiger partial charge in [-0.25, -0.2) is 21.6 Å². The van der Waals surface area contributed by atoms with Gasteiger partial charge in [0.05, 0.1) is 22.7 Å². The Morgan fingerprint density at radius 3 is 2.29 bits per heavy atom. The maximum atomic E-state index is 12.4. The minimum absolute atomic E-state index is 0.0249. The van der Waals surface area contributed by atoms with Gasteiger partial charge in [0.2, 0.25) is 10.0 Å². The van der Waals surface area contributed by atoms with Gasteiger partial charge in [0, 0.05) is 13.4 Å². The van der Waals surface area contributed by atoms with Crippen molar-refractivity contribution in [1.29, 1.82) is 0 Å². The number of nitrogens with one attached hydrogen (secondary N) is 1. The minimum Gasteiger partial charge on any atom is -0.398 e. The van der Waals surface area contributed by atoms with Gasteiger partial charge in [0.25, 0.3) is 0 Å². The number of nitrogen functional groups attached to an aromatic ring is 1. The van der Waals surface area contributed by atoms with Crippen LogP contribution in [0.15, 0.2) is 28.0 Å². The summed E-state index contributed by atoms with van der Waals surface area (Å²) in [6, 6.07) is 3.58. The van der Waals surface area contributed by atoms with Crippen molar-refractivity contribution in [2.45, 2.75) is 29.2 Å². The molecular weight excluding hydrogens is 316 g/mol. The molecule has 9 heteroatoms. The summed E-state index contributed by atoms with van der Waals surface area (Å²) >= 11 is 0. The standard InChI is InChI=1S/C12H20N2O5S2/c1-12(2,8-19-3)14-21(17,18)11-7-9(20(4,15)16)5-6-10(11)13/h5-7,14H,8,13H2,1-4H3. The molecule has 0 aliphatic rings. The summed E-state index contributed by atoms with van der Waals surface area (Å²) in [5, 5.41) is 0. The lowest BCUT2D eigenvalue weighted by Crippen LogP contribution is -2.46. The summed E-state index contributed by atoms with van der Waals surface area (Å²) in [4.78, 5) is -0.378. The highest BCUT2D eigenvalue weighted by molar-refractivity contribution is 7.91. The van der Waals surface area contributed by atoms with Gasteiger partial charge in [-0.2, -0.15) is 0 Å². The van der Waals surface area contributed by atoms with E-state index in [1.54, 1.807) is 13.8 Å². The van der Waals surface area contributed by atoms with Crippen LogP contribution in [0.4, 0.5) is 5.69 Å². The van der Waals surface area contributed by atoms with E-state index in [0.717, 1.165) is 12.3 Å². The number of sulfone groups is 1. The fourth-order valence-electron chi connectivity index (χ4n) is 1.79. The Kier molecular flexibility index (Phi) is 5.04. The smallest absolute Gasteiger partial charge is 0.243 e. The number of anilines is 1. The van der Waals surface area contributed by atoms with Crippen LogP contribution in [-0.2, 0) is 24.6 Å². The van der Waals surface area contributed by atoms with Gasteiger partial charge in [-0.05, 0) is 32.0 Å². The van der Waals surface area contributed by atoms with Crippen LogP contribution in [0.2, 0.25) is 0 Å². The second kappa shape index (κ2) is 5.91. The van der Waals surface area contributed by atoms with Crippen molar-refractivity contribution < 1.29 is 21.6 Å². The average molecular weight is 336 g/mol. The number of methoxy groups -OCH3 is 1. The Morgan fingerprint density at radius 1 is 1.24 bits per heavy atom. The van der Waals surface area contributed by atoms with Crippen molar-refractivity contribution in [2.75, 3.05) is 25.7 Å². The van der Waals surface area contributed by atoms with Crippen LogP contribution in [0.3, 0.4) is 0 Å². The highest BCUT2D eigenvalue weighted by atomic mass is 32.2. The molecule has 3 N–H and O–H groups in total. The lowest BCUT2D eigenvalue weighted by molar-refractivity contribution is 0.141. The summed E-state index contributed by atoms with van der Waals surface area (Å²) < 4.78 is 55.2. The molecule has 0 radical (unpaired) electrons. The first-order chi connectivity index (χ1) is 9.39. The molecule has 21 heavy (non-hydrogen) atoms. The molecule has 0 spiro atoms. The van der Waals surface area contributed by atoms with Crippen molar-refractivity contribution in [3.63, 3.8) is 0 Å². The molecule has 0 fully saturated rings. The third-order valence-electron chi connectivity index (χ3n) is 2.62. The fourth-order valence-corrected chi connectivity index (χ4v) is 4.07. The third kappa shape index (κ3) is 4.67. The molecular formula is C12H20N2O5S2. The lowest BCUT2D eigenvalue weighted by atomic mass is 10.1. The molecule has 0 amide bonds. The van der Waals surface area contributed by atoms with Gasteiger partial charge in [0.15, 0.2) is 9.84 Å². The van der Waals surface area contributed by atoms with E-state index < -0.39 is 25.4 Å². The minimum atomic E-state index is -3.97. The number of hydrogen-bond donors (Lipinski definition) is 2. The summed E-state index contributed by atoms with van der Waals surface area (Å²) in [7, 11) is -6.05. The molecule has 0 aliphatic carbocycles. The Labute approximate surface area is 125 Å². The van der Waals surface area contributed by atoms with Gasteiger partial charge < -0.3 is 10.5 Å². The quantitative estimate of drug-likeness (QED) is 0.725. The van der Waals surface area contributed by atoms with E-state index in [-0.39, 0.29) is 22.1 Å². The number of rotatable bonds is 6. The van der Waals surface area contributed by atoms with E-state index in [0.29, 0.717) is 0 Å². The topological polar surface area (TPSA) is 116 Å². The van der Waals surface area contributed by atoms with E-state index in [2.05, 4.69) is 4.72 Å². The predicted octanol–water partition coefficient (Wildman–Crippen LogP) is 0.376. The van der Waals surface area contributed by atoms with Gasteiger partial charge in [-0.1, -0.05) is 0 Å². The van der Waals surface area contributed by atoms with Crippen LogP contribution < -0.4 is 10.5 Å². The molecule has 0 saturated carbocycles. The van der Waals surface area contributed by atoms with E-state index in [1.165, 1.54) is 19.2 Å². The van der Waals surface area contributed by atoms with E-state index in [9.17, 15) is 16.8 Å². The van der Waals surface area contributed by atoms with Crippen molar-refractivity contribution in [3.05, 3.63) is 18.2 Å². The number of benzene rings is 1. The molecule has 0 saturated heterocycles. The molecule has 1 aromatic carbocycles. The first-order valence-corrected chi connectivity index (χ1v) is 9.39. The maximum Gasteiger partial charge on any atom is 0.243 e. The largest absolute Gasteiger partial charge is 0.398 e. The van der Waals surface area contributed by atoms with Gasteiger partial charge in [-0.3, -0.25) is 0 Å². The number of ether oxygens (including phenoxy) is 1. The summed E-state index contributed by atoms with van der Waals surface area (Å²) in [5.41, 5.74) is 4.78. The third-order valence-corrected chi connectivity index (χ3v) is 5.48. The Bertz CT molecular complexity index is 724. The van der Waals surface area contributed by atoms with Crippen LogP contribution in [0.5, 0.6) is 0 Å². The second-order valence-electron chi connectivity index (χ2n) is 5.39.